The van der Waals surface area contributed by atoms with Crippen LogP contribution in [0.5, 0.6) is 5.88 Å². The van der Waals surface area contributed by atoms with Gasteiger partial charge in [0.1, 0.15) is 17.8 Å². The average molecular weight is 249 g/mol. The molecule has 0 fully saturated rings. The van der Waals surface area contributed by atoms with Gasteiger partial charge in [-0.15, -0.1) is 0 Å². The molecule has 0 aliphatic heterocycles. The maximum Gasteiger partial charge on any atom is 0.242 e. The molecule has 0 saturated heterocycles. The van der Waals surface area contributed by atoms with Gasteiger partial charge in [0.2, 0.25) is 5.88 Å². The minimum absolute atomic E-state index is 0.353. The van der Waals surface area contributed by atoms with Crippen molar-refractivity contribution >= 4 is 11.5 Å². The van der Waals surface area contributed by atoms with E-state index < -0.39 is 0 Å². The third-order valence-electron chi connectivity index (χ3n) is 2.65. The van der Waals surface area contributed by atoms with Crippen LogP contribution in [0.4, 0.5) is 11.5 Å². The molecule has 0 amide bonds. The van der Waals surface area contributed by atoms with Crippen molar-refractivity contribution in [3.05, 3.63) is 23.3 Å². The minimum Gasteiger partial charge on any atom is -0.479 e. The van der Waals surface area contributed by atoms with Crippen LogP contribution in [0.15, 0.2) is 10.9 Å². The van der Waals surface area contributed by atoms with Gasteiger partial charge >= 0.3 is 0 Å². The van der Waals surface area contributed by atoms with Crippen molar-refractivity contribution in [1.29, 1.82) is 0 Å². The van der Waals surface area contributed by atoms with Crippen LogP contribution >= 0.6 is 0 Å². The summed E-state index contributed by atoms with van der Waals surface area (Å²) in [7, 11) is 1.51. The van der Waals surface area contributed by atoms with Crippen LogP contribution in [0.2, 0.25) is 0 Å². The molecule has 0 bridgehead atoms. The van der Waals surface area contributed by atoms with Gasteiger partial charge in [-0.25, -0.2) is 4.98 Å². The molecule has 0 spiro atoms. The second-order valence-corrected chi connectivity index (χ2v) is 3.80. The number of nitrogen functional groups attached to an aromatic ring is 1. The number of methoxy groups -OCH3 is 1. The standard InChI is InChI=1S/C11H15N5O2/c1-6-8(7(2)18-16-6)4-13-10-9(12)11(17-3)15-5-14-10/h5H,4,12H2,1-3H3,(H,13,14,15). The normalized spacial score (nSPS) is 10.4. The van der Waals surface area contributed by atoms with Crippen molar-refractivity contribution in [3.8, 4) is 5.88 Å². The number of rotatable bonds is 4. The van der Waals surface area contributed by atoms with Gasteiger partial charge in [0.05, 0.1) is 12.8 Å². The van der Waals surface area contributed by atoms with Crippen molar-refractivity contribution in [2.75, 3.05) is 18.2 Å². The summed E-state index contributed by atoms with van der Waals surface area (Å²) in [6.45, 7) is 4.28. The Kier molecular flexibility index (Phi) is 3.31. The number of aryl methyl sites for hydroxylation is 2. The highest BCUT2D eigenvalue weighted by molar-refractivity contribution is 5.66. The maximum absolute atomic E-state index is 5.86. The van der Waals surface area contributed by atoms with Gasteiger partial charge in [-0.3, -0.25) is 0 Å². The summed E-state index contributed by atoms with van der Waals surface area (Å²) in [5, 5.41) is 7.00. The average Bonchev–Trinajstić information content (AvgIpc) is 2.68. The Morgan fingerprint density at radius 3 is 2.78 bits per heavy atom. The first-order valence-corrected chi connectivity index (χ1v) is 5.43. The Morgan fingerprint density at radius 1 is 1.39 bits per heavy atom. The van der Waals surface area contributed by atoms with E-state index in [0.29, 0.717) is 23.9 Å². The summed E-state index contributed by atoms with van der Waals surface area (Å²) < 4.78 is 10.1. The molecule has 0 aromatic carbocycles. The Morgan fingerprint density at radius 2 is 2.17 bits per heavy atom. The topological polar surface area (TPSA) is 99.1 Å². The molecule has 7 heteroatoms. The number of aromatic nitrogens is 3. The van der Waals surface area contributed by atoms with E-state index in [9.17, 15) is 0 Å². The zero-order valence-corrected chi connectivity index (χ0v) is 10.5. The number of hydrogen-bond donors (Lipinski definition) is 2. The summed E-state index contributed by atoms with van der Waals surface area (Å²) in [6.07, 6.45) is 1.39. The predicted molar refractivity (Wildman–Crippen MR) is 66.3 cm³/mol. The van der Waals surface area contributed by atoms with Gasteiger partial charge in [-0.05, 0) is 13.8 Å². The molecule has 0 aliphatic rings. The summed E-state index contributed by atoms with van der Waals surface area (Å²) in [4.78, 5) is 7.98. The largest absolute Gasteiger partial charge is 0.479 e. The molecular formula is C11H15N5O2. The Labute approximate surface area is 104 Å². The molecule has 0 saturated carbocycles. The molecule has 3 N–H and O–H groups in total. The monoisotopic (exact) mass is 249 g/mol. The second kappa shape index (κ2) is 4.91. The minimum atomic E-state index is 0.353. The van der Waals surface area contributed by atoms with Gasteiger partial charge in [-0.2, -0.15) is 4.98 Å². The lowest BCUT2D eigenvalue weighted by molar-refractivity contribution is 0.392. The molecule has 7 nitrogen and oxygen atoms in total. The smallest absolute Gasteiger partial charge is 0.242 e. The molecule has 0 atom stereocenters. The van der Waals surface area contributed by atoms with Crippen LogP contribution in [0.25, 0.3) is 0 Å². The zero-order valence-electron chi connectivity index (χ0n) is 10.5. The number of nitrogens with two attached hydrogens (primary N) is 1. The quantitative estimate of drug-likeness (QED) is 0.842. The van der Waals surface area contributed by atoms with Crippen LogP contribution in [0.3, 0.4) is 0 Å². The van der Waals surface area contributed by atoms with Crippen LogP contribution in [-0.2, 0) is 6.54 Å². The third kappa shape index (κ3) is 2.20. The predicted octanol–water partition coefficient (Wildman–Crippen LogP) is 1.28. The second-order valence-electron chi connectivity index (χ2n) is 3.80. The zero-order chi connectivity index (χ0) is 13.1. The molecule has 0 radical (unpaired) electrons. The van der Waals surface area contributed by atoms with Crippen LogP contribution in [0, 0.1) is 13.8 Å². The van der Waals surface area contributed by atoms with E-state index in [1.165, 1.54) is 13.4 Å². The first kappa shape index (κ1) is 12.2. The lowest BCUT2D eigenvalue weighted by Crippen LogP contribution is -2.07. The van der Waals surface area contributed by atoms with Crippen molar-refractivity contribution in [3.63, 3.8) is 0 Å². The van der Waals surface area contributed by atoms with Gasteiger partial charge < -0.3 is 20.3 Å². The molecule has 2 rings (SSSR count). The lowest BCUT2D eigenvalue weighted by Gasteiger charge is -2.09. The highest BCUT2D eigenvalue weighted by atomic mass is 16.5. The van der Waals surface area contributed by atoms with E-state index in [1.807, 2.05) is 13.8 Å². The third-order valence-corrected chi connectivity index (χ3v) is 2.65. The van der Waals surface area contributed by atoms with Crippen molar-refractivity contribution in [2.45, 2.75) is 20.4 Å². The summed E-state index contributed by atoms with van der Waals surface area (Å²) in [5.74, 6) is 1.66. The molecule has 0 unspecified atom stereocenters. The molecular weight excluding hydrogens is 234 g/mol. The number of ether oxygens (including phenoxy) is 1. The van der Waals surface area contributed by atoms with Crippen LogP contribution in [0.1, 0.15) is 17.0 Å². The fraction of sp³-hybridized carbons (Fsp3) is 0.364. The van der Waals surface area contributed by atoms with Gasteiger partial charge in [0.25, 0.3) is 0 Å². The van der Waals surface area contributed by atoms with E-state index >= 15 is 0 Å². The molecule has 0 aliphatic carbocycles. The highest BCUT2D eigenvalue weighted by Crippen LogP contribution is 2.25. The molecule has 96 valence electrons. The summed E-state index contributed by atoms with van der Waals surface area (Å²) in [6, 6.07) is 0. The number of nitrogens with one attached hydrogen (secondary N) is 1. The first-order chi connectivity index (χ1) is 8.63. The molecule has 2 aromatic rings. The molecule has 2 heterocycles. The maximum atomic E-state index is 5.86. The van der Waals surface area contributed by atoms with E-state index in [4.69, 9.17) is 15.0 Å². The summed E-state index contributed by atoms with van der Waals surface area (Å²) >= 11 is 0. The van der Waals surface area contributed by atoms with Gasteiger partial charge in [0.15, 0.2) is 5.82 Å². The highest BCUT2D eigenvalue weighted by Gasteiger charge is 2.11. The van der Waals surface area contributed by atoms with E-state index in [2.05, 4.69) is 20.4 Å². The molecule has 18 heavy (non-hydrogen) atoms. The van der Waals surface area contributed by atoms with Gasteiger partial charge in [-0.1, -0.05) is 5.16 Å². The molecule has 2 aromatic heterocycles. The van der Waals surface area contributed by atoms with Crippen molar-refractivity contribution in [2.24, 2.45) is 0 Å². The van der Waals surface area contributed by atoms with Gasteiger partial charge in [0, 0.05) is 12.1 Å². The van der Waals surface area contributed by atoms with E-state index in [1.54, 1.807) is 0 Å². The Balaban J connectivity index is 2.16. The Bertz CT molecular complexity index is 533. The van der Waals surface area contributed by atoms with Crippen LogP contribution < -0.4 is 15.8 Å². The number of nitrogens with zero attached hydrogens (tertiary/aromatic N) is 3. The lowest BCUT2D eigenvalue weighted by atomic mass is 10.2. The Hall–Kier alpha value is -2.31. The SMILES string of the molecule is COc1ncnc(NCc2c(C)noc2C)c1N. The van der Waals surface area contributed by atoms with E-state index in [-0.39, 0.29) is 0 Å². The fourth-order valence-corrected chi connectivity index (χ4v) is 1.61. The first-order valence-electron chi connectivity index (χ1n) is 5.43. The number of anilines is 2. The van der Waals surface area contributed by atoms with Crippen molar-refractivity contribution in [1.82, 2.24) is 15.1 Å². The number of hydrogen-bond acceptors (Lipinski definition) is 7. The van der Waals surface area contributed by atoms with Crippen LogP contribution in [-0.4, -0.2) is 22.2 Å². The summed E-state index contributed by atoms with van der Waals surface area (Å²) in [5.41, 5.74) is 8.08. The van der Waals surface area contributed by atoms with Crippen molar-refractivity contribution < 1.29 is 9.26 Å². The van der Waals surface area contributed by atoms with E-state index in [0.717, 1.165) is 17.0 Å². The fourth-order valence-electron chi connectivity index (χ4n) is 1.61.